The third-order valence-electron chi connectivity index (χ3n) is 3.28. The Morgan fingerprint density at radius 3 is 2.74 bits per heavy atom. The number of alkyl halides is 1. The number of ether oxygens (including phenoxy) is 2. The number of methoxy groups -OCH3 is 1. The minimum Gasteiger partial charge on any atom is -0.497 e. The van der Waals surface area contributed by atoms with Gasteiger partial charge in [0.1, 0.15) is 5.75 Å². The first-order chi connectivity index (χ1) is 9.15. The van der Waals surface area contributed by atoms with E-state index in [0.29, 0.717) is 18.7 Å². The molecule has 0 aromatic heterocycles. The lowest BCUT2D eigenvalue weighted by Crippen LogP contribution is -2.51. The molecule has 5 heteroatoms. The quantitative estimate of drug-likeness (QED) is 0.800. The normalized spacial score (nSPS) is 23.2. The molecule has 0 radical (unpaired) electrons. The van der Waals surface area contributed by atoms with Crippen LogP contribution in [0, 0.1) is 0 Å². The van der Waals surface area contributed by atoms with E-state index in [4.69, 9.17) is 9.47 Å². The van der Waals surface area contributed by atoms with Gasteiger partial charge in [0.15, 0.2) is 0 Å². The molecule has 0 aliphatic carbocycles. The summed E-state index contributed by atoms with van der Waals surface area (Å²) in [5.41, 5.74) is 0.683. The van der Waals surface area contributed by atoms with Crippen LogP contribution in [0.4, 0.5) is 0 Å². The van der Waals surface area contributed by atoms with Crippen molar-refractivity contribution in [3.63, 3.8) is 0 Å². The average Bonchev–Trinajstić information content (AvgIpc) is 2.47. The maximum Gasteiger partial charge on any atom is 0.254 e. The predicted octanol–water partition coefficient (Wildman–Crippen LogP) is 2.32. The minimum atomic E-state index is 0.0457. The van der Waals surface area contributed by atoms with E-state index < -0.39 is 0 Å². The van der Waals surface area contributed by atoms with Crippen LogP contribution in [-0.2, 0) is 4.74 Å². The number of halogens is 1. The first-order valence-electron chi connectivity index (χ1n) is 6.28. The summed E-state index contributed by atoms with van der Waals surface area (Å²) in [5.74, 6) is 0.800. The monoisotopic (exact) mass is 327 g/mol. The van der Waals surface area contributed by atoms with E-state index >= 15 is 0 Å². The van der Waals surface area contributed by atoms with Crippen LogP contribution in [-0.4, -0.2) is 48.5 Å². The van der Waals surface area contributed by atoms with Crippen LogP contribution in [0.5, 0.6) is 5.75 Å². The van der Waals surface area contributed by atoms with Crippen LogP contribution in [0.3, 0.4) is 0 Å². The van der Waals surface area contributed by atoms with Gasteiger partial charge in [-0.1, -0.05) is 15.9 Å². The van der Waals surface area contributed by atoms with Crippen molar-refractivity contribution in [2.45, 2.75) is 19.1 Å². The van der Waals surface area contributed by atoms with Gasteiger partial charge in [-0.05, 0) is 31.2 Å². The summed E-state index contributed by atoms with van der Waals surface area (Å²) in [5, 5.41) is 0.742. The minimum absolute atomic E-state index is 0.0457. The highest BCUT2D eigenvalue weighted by atomic mass is 79.9. The standard InChI is InChI=1S/C14H18BrNO3/c1-10-9-19-13(7-15)8-16(10)14(17)11-3-5-12(18-2)6-4-11/h3-6,10,13H,7-9H2,1-2H3. The molecule has 0 saturated carbocycles. The van der Waals surface area contributed by atoms with Gasteiger partial charge in [0.05, 0.1) is 25.9 Å². The number of benzene rings is 1. The topological polar surface area (TPSA) is 38.8 Å². The largest absolute Gasteiger partial charge is 0.497 e. The van der Waals surface area contributed by atoms with E-state index in [1.165, 1.54) is 0 Å². The van der Waals surface area contributed by atoms with Crippen LogP contribution >= 0.6 is 15.9 Å². The molecule has 1 aliphatic rings. The summed E-state index contributed by atoms with van der Waals surface area (Å²) < 4.78 is 10.7. The van der Waals surface area contributed by atoms with Crippen LogP contribution in [0.1, 0.15) is 17.3 Å². The average molecular weight is 328 g/mol. The van der Waals surface area contributed by atoms with Gasteiger partial charge in [0.2, 0.25) is 0 Å². The van der Waals surface area contributed by atoms with Gasteiger partial charge in [-0.25, -0.2) is 0 Å². The van der Waals surface area contributed by atoms with E-state index in [-0.39, 0.29) is 18.1 Å². The summed E-state index contributed by atoms with van der Waals surface area (Å²) in [7, 11) is 1.61. The summed E-state index contributed by atoms with van der Waals surface area (Å²) in [4.78, 5) is 14.4. The van der Waals surface area contributed by atoms with Crippen LogP contribution < -0.4 is 4.74 Å². The van der Waals surface area contributed by atoms with Gasteiger partial charge in [0, 0.05) is 17.4 Å². The molecule has 1 saturated heterocycles. The van der Waals surface area contributed by atoms with Crippen molar-refractivity contribution >= 4 is 21.8 Å². The summed E-state index contributed by atoms with van der Waals surface area (Å²) in [6, 6.07) is 7.31. The Bertz CT molecular complexity index is 435. The molecule has 1 heterocycles. The highest BCUT2D eigenvalue weighted by Gasteiger charge is 2.29. The Hall–Kier alpha value is -1.07. The Morgan fingerprint density at radius 2 is 2.16 bits per heavy atom. The summed E-state index contributed by atoms with van der Waals surface area (Å²) in [6.07, 6.45) is 0.0680. The van der Waals surface area contributed by atoms with Gasteiger partial charge in [0.25, 0.3) is 5.91 Å². The summed E-state index contributed by atoms with van der Waals surface area (Å²) in [6.45, 7) is 3.21. The molecule has 0 spiro atoms. The molecule has 1 aromatic rings. The molecular formula is C14H18BrNO3. The van der Waals surface area contributed by atoms with E-state index in [0.717, 1.165) is 11.1 Å². The van der Waals surface area contributed by atoms with Gasteiger partial charge >= 0.3 is 0 Å². The first kappa shape index (κ1) is 14.3. The molecule has 0 bridgehead atoms. The number of carbonyl (C=O) groups excluding carboxylic acids is 1. The molecule has 1 amide bonds. The second kappa shape index (κ2) is 6.39. The van der Waals surface area contributed by atoms with Crippen molar-refractivity contribution in [1.82, 2.24) is 4.90 Å². The van der Waals surface area contributed by atoms with E-state index in [1.54, 1.807) is 31.4 Å². The lowest BCUT2D eigenvalue weighted by molar-refractivity contribution is -0.0361. The highest BCUT2D eigenvalue weighted by Crippen LogP contribution is 2.18. The van der Waals surface area contributed by atoms with Gasteiger partial charge < -0.3 is 14.4 Å². The lowest BCUT2D eigenvalue weighted by atomic mass is 10.1. The second-order valence-electron chi connectivity index (χ2n) is 4.64. The van der Waals surface area contributed by atoms with Crippen LogP contribution in [0.2, 0.25) is 0 Å². The van der Waals surface area contributed by atoms with E-state index in [2.05, 4.69) is 15.9 Å². The fourth-order valence-corrected chi connectivity index (χ4v) is 2.48. The number of nitrogens with zero attached hydrogens (tertiary/aromatic N) is 1. The Morgan fingerprint density at radius 1 is 1.47 bits per heavy atom. The van der Waals surface area contributed by atoms with Crippen LogP contribution in [0.25, 0.3) is 0 Å². The molecule has 2 rings (SSSR count). The molecule has 19 heavy (non-hydrogen) atoms. The lowest BCUT2D eigenvalue weighted by Gasteiger charge is -2.37. The summed E-state index contributed by atoms with van der Waals surface area (Å²) >= 11 is 3.40. The zero-order valence-electron chi connectivity index (χ0n) is 11.1. The number of morpholine rings is 1. The van der Waals surface area contributed by atoms with Crippen molar-refractivity contribution in [3.8, 4) is 5.75 Å². The Kier molecular flexibility index (Phi) is 4.82. The van der Waals surface area contributed by atoms with Crippen LogP contribution in [0.15, 0.2) is 24.3 Å². The number of hydrogen-bond acceptors (Lipinski definition) is 3. The predicted molar refractivity (Wildman–Crippen MR) is 77.0 cm³/mol. The van der Waals surface area contributed by atoms with E-state index in [1.807, 2.05) is 11.8 Å². The molecule has 4 nitrogen and oxygen atoms in total. The van der Waals surface area contributed by atoms with Crippen molar-refractivity contribution in [2.24, 2.45) is 0 Å². The number of rotatable bonds is 3. The first-order valence-corrected chi connectivity index (χ1v) is 7.40. The molecule has 0 N–H and O–H groups in total. The van der Waals surface area contributed by atoms with Crippen molar-refractivity contribution in [3.05, 3.63) is 29.8 Å². The maximum atomic E-state index is 12.5. The molecule has 104 valence electrons. The molecule has 1 fully saturated rings. The molecular weight excluding hydrogens is 310 g/mol. The third kappa shape index (κ3) is 3.28. The van der Waals surface area contributed by atoms with Gasteiger partial charge in [-0.15, -0.1) is 0 Å². The smallest absolute Gasteiger partial charge is 0.254 e. The van der Waals surface area contributed by atoms with Crippen molar-refractivity contribution < 1.29 is 14.3 Å². The van der Waals surface area contributed by atoms with E-state index in [9.17, 15) is 4.79 Å². The highest BCUT2D eigenvalue weighted by molar-refractivity contribution is 9.09. The second-order valence-corrected chi connectivity index (χ2v) is 5.29. The zero-order chi connectivity index (χ0) is 13.8. The molecule has 1 aliphatic heterocycles. The fraction of sp³-hybridized carbons (Fsp3) is 0.500. The van der Waals surface area contributed by atoms with Gasteiger partial charge in [-0.3, -0.25) is 4.79 Å². The molecule has 2 unspecified atom stereocenters. The van der Waals surface area contributed by atoms with Crippen molar-refractivity contribution in [2.75, 3.05) is 25.6 Å². The third-order valence-corrected chi connectivity index (χ3v) is 4.00. The number of carbonyl (C=O) groups is 1. The molecule has 1 aromatic carbocycles. The SMILES string of the molecule is COc1ccc(C(=O)N2CC(CBr)OCC2C)cc1. The zero-order valence-corrected chi connectivity index (χ0v) is 12.7. The van der Waals surface area contributed by atoms with Gasteiger partial charge in [-0.2, -0.15) is 0 Å². The Labute approximate surface area is 121 Å². The Balaban J connectivity index is 2.12. The number of hydrogen-bond donors (Lipinski definition) is 0. The van der Waals surface area contributed by atoms with Crippen molar-refractivity contribution in [1.29, 1.82) is 0 Å². The number of amides is 1. The maximum absolute atomic E-state index is 12.5. The fourth-order valence-electron chi connectivity index (χ4n) is 2.09. The molecule has 2 atom stereocenters.